The van der Waals surface area contributed by atoms with Gasteiger partial charge in [-0.05, 0) is 30.3 Å². The first kappa shape index (κ1) is 18.1. The topological polar surface area (TPSA) is 108 Å². The second-order valence-electron chi connectivity index (χ2n) is 5.46. The third-order valence-corrected chi connectivity index (χ3v) is 5.11. The minimum Gasteiger partial charge on any atom is -0.507 e. The maximum absolute atomic E-state index is 12.1. The van der Waals surface area contributed by atoms with Crippen molar-refractivity contribution in [1.82, 2.24) is 10.9 Å². The molecule has 1 aliphatic rings. The number of amides is 3. The van der Waals surface area contributed by atoms with Crippen LogP contribution in [0.25, 0.3) is 0 Å². The lowest BCUT2D eigenvalue weighted by Gasteiger charge is -2.23. The molecule has 3 amide bonds. The highest BCUT2D eigenvalue weighted by atomic mass is 35.5. The number of halogens is 1. The van der Waals surface area contributed by atoms with E-state index in [1.54, 1.807) is 30.3 Å². The summed E-state index contributed by atoms with van der Waals surface area (Å²) in [6.07, 6.45) is -0.125. The predicted molar refractivity (Wildman–Crippen MR) is 98.1 cm³/mol. The van der Waals surface area contributed by atoms with Gasteiger partial charge in [0, 0.05) is 16.3 Å². The zero-order valence-electron chi connectivity index (χ0n) is 13.3. The average Bonchev–Trinajstić information content (AvgIpc) is 2.61. The molecule has 1 heterocycles. The molecule has 0 aromatic heterocycles. The Morgan fingerprint density at radius 3 is 2.73 bits per heavy atom. The zero-order chi connectivity index (χ0) is 18.7. The highest BCUT2D eigenvalue weighted by Crippen LogP contribution is 2.38. The van der Waals surface area contributed by atoms with Gasteiger partial charge in [-0.2, -0.15) is 0 Å². The smallest absolute Gasteiger partial charge is 0.273 e. The molecular formula is C17H14ClN3O4S. The number of nitrogens with one attached hydrogen (secondary N) is 3. The first-order valence-corrected chi connectivity index (χ1v) is 8.84. The number of hydrogen-bond donors (Lipinski definition) is 4. The Morgan fingerprint density at radius 2 is 1.96 bits per heavy atom. The van der Waals surface area contributed by atoms with Gasteiger partial charge in [-0.3, -0.25) is 25.2 Å². The number of benzene rings is 2. The summed E-state index contributed by atoms with van der Waals surface area (Å²) in [7, 11) is 0. The van der Waals surface area contributed by atoms with Gasteiger partial charge >= 0.3 is 0 Å². The van der Waals surface area contributed by atoms with Crippen LogP contribution in [0.2, 0.25) is 5.02 Å². The average molecular weight is 392 g/mol. The number of thioether (sulfide) groups is 1. The van der Waals surface area contributed by atoms with Crippen molar-refractivity contribution < 1.29 is 19.5 Å². The number of phenolic OH excluding ortho intramolecular Hbond substituents is 1. The van der Waals surface area contributed by atoms with E-state index in [1.165, 1.54) is 23.9 Å². The van der Waals surface area contributed by atoms with Crippen LogP contribution < -0.4 is 16.2 Å². The number of rotatable bonds is 3. The maximum atomic E-state index is 12.1. The molecule has 2 aromatic rings. The molecule has 9 heteroatoms. The van der Waals surface area contributed by atoms with Gasteiger partial charge < -0.3 is 10.4 Å². The molecule has 0 saturated carbocycles. The van der Waals surface area contributed by atoms with Gasteiger partial charge in [0.05, 0.1) is 16.5 Å². The first-order chi connectivity index (χ1) is 12.4. The third kappa shape index (κ3) is 4.09. The van der Waals surface area contributed by atoms with Crippen molar-refractivity contribution in [3.63, 3.8) is 0 Å². The minimum absolute atomic E-state index is 0.0309. The van der Waals surface area contributed by atoms with Gasteiger partial charge in [-0.1, -0.05) is 23.7 Å². The summed E-state index contributed by atoms with van der Waals surface area (Å²) < 4.78 is 0. The zero-order valence-corrected chi connectivity index (χ0v) is 14.9. The molecule has 3 rings (SSSR count). The number of hydrazine groups is 1. The number of carbonyl (C=O) groups excluding carboxylic acids is 3. The van der Waals surface area contributed by atoms with Crippen LogP contribution in [-0.2, 0) is 9.59 Å². The number of fused-ring (bicyclic) bond motifs is 1. The number of aromatic hydroxyl groups is 1. The van der Waals surface area contributed by atoms with Gasteiger partial charge in [0.1, 0.15) is 5.75 Å². The highest BCUT2D eigenvalue weighted by molar-refractivity contribution is 8.01. The molecule has 2 aromatic carbocycles. The molecule has 0 aliphatic carbocycles. The van der Waals surface area contributed by atoms with Crippen molar-refractivity contribution in [2.24, 2.45) is 0 Å². The Balaban J connectivity index is 1.57. The van der Waals surface area contributed by atoms with Gasteiger partial charge in [0.25, 0.3) is 5.91 Å². The molecule has 0 radical (unpaired) electrons. The van der Waals surface area contributed by atoms with E-state index < -0.39 is 17.1 Å². The van der Waals surface area contributed by atoms with E-state index in [1.807, 2.05) is 0 Å². The Kier molecular flexibility index (Phi) is 5.34. The summed E-state index contributed by atoms with van der Waals surface area (Å²) in [4.78, 5) is 36.9. The van der Waals surface area contributed by atoms with Gasteiger partial charge in [0.15, 0.2) is 0 Å². The van der Waals surface area contributed by atoms with Crippen LogP contribution in [0.15, 0.2) is 47.4 Å². The minimum atomic E-state index is -0.655. The lowest BCUT2D eigenvalue weighted by molar-refractivity contribution is -0.124. The number of para-hydroxylation sites is 1. The van der Waals surface area contributed by atoms with Crippen LogP contribution >= 0.6 is 23.4 Å². The van der Waals surface area contributed by atoms with Gasteiger partial charge in [-0.15, -0.1) is 11.8 Å². The predicted octanol–water partition coefficient (Wildman–Crippen LogP) is 2.31. The fourth-order valence-corrected chi connectivity index (χ4v) is 3.60. The van der Waals surface area contributed by atoms with E-state index in [-0.39, 0.29) is 23.6 Å². The Bertz CT molecular complexity index is 890. The largest absolute Gasteiger partial charge is 0.507 e. The van der Waals surface area contributed by atoms with E-state index in [0.717, 1.165) is 4.90 Å². The van der Waals surface area contributed by atoms with Crippen LogP contribution in [0.5, 0.6) is 5.75 Å². The Labute approximate surface area is 158 Å². The number of phenols is 1. The standard InChI is InChI=1S/C17H14ClN3O4S/c18-9-5-6-13-11(7-9)19-17(25)14(26-13)8-15(23)20-21-16(24)10-3-1-2-4-12(10)22/h1-7,14,22H,8H2,(H,19,25)(H,20,23)(H,21,24). The Morgan fingerprint density at radius 1 is 1.19 bits per heavy atom. The quantitative estimate of drug-likeness (QED) is 0.600. The van der Waals surface area contributed by atoms with Crippen LogP contribution in [0, 0.1) is 0 Å². The summed E-state index contributed by atoms with van der Waals surface area (Å²) >= 11 is 7.15. The summed E-state index contributed by atoms with van der Waals surface area (Å²) in [5.74, 6) is -1.69. The lowest BCUT2D eigenvalue weighted by atomic mass is 10.2. The van der Waals surface area contributed by atoms with Crippen LogP contribution in [0.1, 0.15) is 16.8 Å². The normalized spacial score (nSPS) is 15.6. The SMILES string of the molecule is O=C(CC1Sc2ccc(Cl)cc2NC1=O)NNC(=O)c1ccccc1O. The van der Waals surface area contributed by atoms with Crippen molar-refractivity contribution in [3.05, 3.63) is 53.1 Å². The highest BCUT2D eigenvalue weighted by Gasteiger charge is 2.29. The lowest BCUT2D eigenvalue weighted by Crippen LogP contribution is -2.44. The number of anilines is 1. The summed E-state index contributed by atoms with van der Waals surface area (Å²) in [5.41, 5.74) is 5.10. The van der Waals surface area contributed by atoms with E-state index >= 15 is 0 Å². The molecule has 0 spiro atoms. The van der Waals surface area contributed by atoms with Crippen molar-refractivity contribution >= 4 is 46.8 Å². The van der Waals surface area contributed by atoms with Crippen LogP contribution in [0.3, 0.4) is 0 Å². The molecule has 1 atom stereocenters. The van der Waals surface area contributed by atoms with E-state index in [9.17, 15) is 19.5 Å². The molecule has 7 nitrogen and oxygen atoms in total. The van der Waals surface area contributed by atoms with Crippen molar-refractivity contribution in [1.29, 1.82) is 0 Å². The molecule has 0 saturated heterocycles. The number of hydrogen-bond acceptors (Lipinski definition) is 5. The summed E-state index contributed by atoms with van der Waals surface area (Å²) in [6.45, 7) is 0. The van der Waals surface area contributed by atoms with E-state index in [2.05, 4.69) is 16.2 Å². The fraction of sp³-hybridized carbons (Fsp3) is 0.118. The van der Waals surface area contributed by atoms with Crippen molar-refractivity contribution in [2.45, 2.75) is 16.6 Å². The monoisotopic (exact) mass is 391 g/mol. The molecule has 4 N–H and O–H groups in total. The van der Waals surface area contributed by atoms with E-state index in [4.69, 9.17) is 11.6 Å². The molecule has 1 unspecified atom stereocenters. The third-order valence-electron chi connectivity index (χ3n) is 3.60. The number of carbonyl (C=O) groups is 3. The molecule has 0 fully saturated rings. The van der Waals surface area contributed by atoms with Crippen molar-refractivity contribution in [2.75, 3.05) is 5.32 Å². The molecule has 0 bridgehead atoms. The summed E-state index contributed by atoms with van der Waals surface area (Å²) in [6, 6.07) is 11.1. The van der Waals surface area contributed by atoms with E-state index in [0.29, 0.717) is 10.7 Å². The molecular weight excluding hydrogens is 378 g/mol. The first-order valence-electron chi connectivity index (χ1n) is 7.58. The van der Waals surface area contributed by atoms with Crippen molar-refractivity contribution in [3.8, 4) is 5.75 Å². The van der Waals surface area contributed by atoms with Gasteiger partial charge in [-0.25, -0.2) is 0 Å². The molecule has 1 aliphatic heterocycles. The summed E-state index contributed by atoms with van der Waals surface area (Å²) in [5, 5.41) is 12.2. The second kappa shape index (κ2) is 7.67. The van der Waals surface area contributed by atoms with Gasteiger partial charge in [0.2, 0.25) is 11.8 Å². The fourth-order valence-electron chi connectivity index (χ4n) is 2.34. The Hall–Kier alpha value is -2.71. The van der Waals surface area contributed by atoms with Crippen LogP contribution in [-0.4, -0.2) is 28.1 Å². The van der Waals surface area contributed by atoms with Crippen LogP contribution in [0.4, 0.5) is 5.69 Å². The second-order valence-corrected chi connectivity index (χ2v) is 7.14. The molecule has 26 heavy (non-hydrogen) atoms. The maximum Gasteiger partial charge on any atom is 0.273 e. The molecule has 134 valence electrons.